The van der Waals surface area contributed by atoms with Crippen LogP contribution in [0.1, 0.15) is 66.1 Å². The fourth-order valence-electron chi connectivity index (χ4n) is 3.72. The van der Waals surface area contributed by atoms with Crippen molar-refractivity contribution in [3.8, 4) is 5.75 Å². The predicted molar refractivity (Wildman–Crippen MR) is 104 cm³/mol. The summed E-state index contributed by atoms with van der Waals surface area (Å²) in [5.74, 6) is 0.734. The fourth-order valence-corrected chi connectivity index (χ4v) is 3.72. The Morgan fingerprint density at radius 1 is 1.19 bits per heavy atom. The minimum Gasteiger partial charge on any atom is -0.422 e. The van der Waals surface area contributed by atoms with Gasteiger partial charge in [-0.05, 0) is 56.4 Å². The Morgan fingerprint density at radius 3 is 2.44 bits per heavy atom. The number of nitrogens with zero attached hydrogens (tertiary/aromatic N) is 1. The summed E-state index contributed by atoms with van der Waals surface area (Å²) in [5, 5.41) is 10.8. The molecule has 140 valence electrons. The Labute approximate surface area is 158 Å². The lowest BCUT2D eigenvalue weighted by atomic mass is 9.96. The molecule has 3 rings (SSSR count). The van der Waals surface area contributed by atoms with Gasteiger partial charge in [-0.25, -0.2) is 4.79 Å². The third kappa shape index (κ3) is 3.77. The number of aryl methyl sites for hydroxylation is 1. The van der Waals surface area contributed by atoms with Gasteiger partial charge in [0.25, 0.3) is 5.69 Å². The van der Waals surface area contributed by atoms with Crippen LogP contribution in [0.2, 0.25) is 0 Å². The standard InChI is InChI=1S/C22H23NO4/c1-13(2)11-17-12-15(4)19-10-5-14(3)21(20(17)19)27-22(24)16-6-8-18(9-7-16)23(25)26/h5-11,15,17H,12H2,1-4H3. The van der Waals surface area contributed by atoms with Crippen LogP contribution in [0.4, 0.5) is 5.69 Å². The maximum Gasteiger partial charge on any atom is 0.343 e. The molecule has 0 saturated carbocycles. The lowest BCUT2D eigenvalue weighted by Crippen LogP contribution is -2.11. The largest absolute Gasteiger partial charge is 0.422 e. The first-order chi connectivity index (χ1) is 12.8. The maximum atomic E-state index is 12.7. The maximum absolute atomic E-state index is 12.7. The number of benzene rings is 2. The molecule has 0 radical (unpaired) electrons. The molecule has 2 atom stereocenters. The van der Waals surface area contributed by atoms with Gasteiger partial charge >= 0.3 is 5.97 Å². The van der Waals surface area contributed by atoms with E-state index in [9.17, 15) is 14.9 Å². The molecule has 0 aromatic heterocycles. The zero-order valence-corrected chi connectivity index (χ0v) is 16.0. The molecule has 5 nitrogen and oxygen atoms in total. The number of non-ortho nitro benzene ring substituents is 1. The monoisotopic (exact) mass is 365 g/mol. The van der Waals surface area contributed by atoms with E-state index in [2.05, 4.69) is 32.9 Å². The van der Waals surface area contributed by atoms with Crippen molar-refractivity contribution in [2.45, 2.75) is 46.0 Å². The van der Waals surface area contributed by atoms with Crippen LogP contribution in [0.15, 0.2) is 48.0 Å². The average Bonchev–Trinajstić information content (AvgIpc) is 2.92. The minimum absolute atomic E-state index is 0.0548. The van der Waals surface area contributed by atoms with Gasteiger partial charge < -0.3 is 4.74 Å². The SMILES string of the molecule is CC(C)=CC1CC(C)c2ccc(C)c(OC(=O)c3ccc([N+](=O)[O-])cc3)c21. The van der Waals surface area contributed by atoms with Crippen molar-refractivity contribution in [1.29, 1.82) is 0 Å². The van der Waals surface area contributed by atoms with E-state index in [0.717, 1.165) is 17.5 Å². The van der Waals surface area contributed by atoms with E-state index in [0.29, 0.717) is 17.2 Å². The van der Waals surface area contributed by atoms with Gasteiger partial charge in [0.2, 0.25) is 0 Å². The van der Waals surface area contributed by atoms with Crippen LogP contribution in [0, 0.1) is 17.0 Å². The van der Waals surface area contributed by atoms with Gasteiger partial charge in [0.05, 0.1) is 10.5 Å². The lowest BCUT2D eigenvalue weighted by Gasteiger charge is -2.16. The van der Waals surface area contributed by atoms with Crippen molar-refractivity contribution < 1.29 is 14.5 Å². The van der Waals surface area contributed by atoms with E-state index >= 15 is 0 Å². The van der Waals surface area contributed by atoms with E-state index in [4.69, 9.17) is 4.74 Å². The van der Waals surface area contributed by atoms with Crippen LogP contribution in [-0.2, 0) is 0 Å². The number of fused-ring (bicyclic) bond motifs is 1. The summed E-state index contributed by atoms with van der Waals surface area (Å²) in [6.45, 7) is 8.26. The Bertz CT molecular complexity index is 924. The van der Waals surface area contributed by atoms with Crippen LogP contribution in [0.5, 0.6) is 5.75 Å². The second kappa shape index (κ2) is 7.35. The number of rotatable bonds is 4. The molecule has 0 spiro atoms. The molecule has 2 unspecified atom stereocenters. The third-order valence-electron chi connectivity index (χ3n) is 4.98. The van der Waals surface area contributed by atoms with Gasteiger partial charge in [-0.2, -0.15) is 0 Å². The molecule has 0 heterocycles. The summed E-state index contributed by atoms with van der Waals surface area (Å²) in [5.41, 5.74) is 4.68. The first kappa shape index (κ1) is 18.8. The summed E-state index contributed by atoms with van der Waals surface area (Å²) in [6.07, 6.45) is 3.22. The summed E-state index contributed by atoms with van der Waals surface area (Å²) in [4.78, 5) is 22.9. The second-order valence-corrected chi connectivity index (χ2v) is 7.40. The number of hydrogen-bond donors (Lipinski definition) is 0. The van der Waals surface area contributed by atoms with Crippen molar-refractivity contribution in [2.24, 2.45) is 0 Å². The number of nitro groups is 1. The van der Waals surface area contributed by atoms with Gasteiger partial charge in [-0.3, -0.25) is 10.1 Å². The highest BCUT2D eigenvalue weighted by atomic mass is 16.6. The zero-order valence-electron chi connectivity index (χ0n) is 16.0. The Balaban J connectivity index is 1.96. The van der Waals surface area contributed by atoms with Gasteiger partial charge in [0, 0.05) is 23.6 Å². The lowest BCUT2D eigenvalue weighted by molar-refractivity contribution is -0.384. The van der Waals surface area contributed by atoms with Crippen molar-refractivity contribution in [3.63, 3.8) is 0 Å². The number of nitro benzene ring substituents is 1. The number of hydrogen-bond acceptors (Lipinski definition) is 4. The first-order valence-electron chi connectivity index (χ1n) is 9.03. The van der Waals surface area contributed by atoms with Gasteiger partial charge in [-0.15, -0.1) is 0 Å². The van der Waals surface area contributed by atoms with E-state index < -0.39 is 10.9 Å². The van der Waals surface area contributed by atoms with Crippen LogP contribution in [0.3, 0.4) is 0 Å². The molecule has 0 N–H and O–H groups in total. The van der Waals surface area contributed by atoms with Crippen LogP contribution in [0.25, 0.3) is 0 Å². The van der Waals surface area contributed by atoms with Gasteiger partial charge in [-0.1, -0.05) is 30.7 Å². The van der Waals surface area contributed by atoms with E-state index in [1.807, 2.05) is 13.0 Å². The molecule has 2 aromatic carbocycles. The quantitative estimate of drug-likeness (QED) is 0.230. The predicted octanol–water partition coefficient (Wildman–Crippen LogP) is 5.68. The fraction of sp³-hybridized carbons (Fsp3) is 0.318. The average molecular weight is 365 g/mol. The summed E-state index contributed by atoms with van der Waals surface area (Å²) >= 11 is 0. The molecular weight excluding hydrogens is 342 g/mol. The highest BCUT2D eigenvalue weighted by molar-refractivity contribution is 5.91. The molecule has 0 amide bonds. The number of esters is 1. The highest BCUT2D eigenvalue weighted by Gasteiger charge is 2.31. The summed E-state index contributed by atoms with van der Waals surface area (Å²) in [6, 6.07) is 9.58. The van der Waals surface area contributed by atoms with Crippen molar-refractivity contribution >= 4 is 11.7 Å². The van der Waals surface area contributed by atoms with Crippen LogP contribution < -0.4 is 4.74 Å². The van der Waals surface area contributed by atoms with E-state index in [1.165, 1.54) is 35.4 Å². The molecular formula is C22H23NO4. The molecule has 0 aliphatic heterocycles. The third-order valence-corrected chi connectivity index (χ3v) is 4.98. The summed E-state index contributed by atoms with van der Waals surface area (Å²) < 4.78 is 5.80. The Kier molecular flexibility index (Phi) is 5.13. The summed E-state index contributed by atoms with van der Waals surface area (Å²) in [7, 11) is 0. The number of allylic oxidation sites excluding steroid dienone is 2. The number of carbonyl (C=O) groups is 1. The second-order valence-electron chi connectivity index (χ2n) is 7.40. The van der Waals surface area contributed by atoms with Gasteiger partial charge in [0.15, 0.2) is 0 Å². The molecule has 27 heavy (non-hydrogen) atoms. The zero-order chi connectivity index (χ0) is 19.7. The van der Waals surface area contributed by atoms with E-state index in [-0.39, 0.29) is 11.6 Å². The van der Waals surface area contributed by atoms with E-state index in [1.54, 1.807) is 0 Å². The first-order valence-corrected chi connectivity index (χ1v) is 9.03. The normalized spacial score (nSPS) is 17.9. The Morgan fingerprint density at radius 2 is 1.85 bits per heavy atom. The molecule has 0 saturated heterocycles. The highest BCUT2D eigenvalue weighted by Crippen LogP contribution is 2.48. The molecule has 1 aliphatic carbocycles. The molecule has 5 heteroatoms. The smallest absolute Gasteiger partial charge is 0.343 e. The van der Waals surface area contributed by atoms with Crippen molar-refractivity contribution in [3.05, 3.63) is 80.4 Å². The van der Waals surface area contributed by atoms with Gasteiger partial charge in [0.1, 0.15) is 5.75 Å². The van der Waals surface area contributed by atoms with Crippen molar-refractivity contribution in [1.82, 2.24) is 0 Å². The van der Waals surface area contributed by atoms with Crippen LogP contribution >= 0.6 is 0 Å². The topological polar surface area (TPSA) is 69.4 Å². The molecule has 0 fully saturated rings. The molecule has 0 bridgehead atoms. The van der Waals surface area contributed by atoms with Crippen LogP contribution in [-0.4, -0.2) is 10.9 Å². The van der Waals surface area contributed by atoms with Crippen molar-refractivity contribution in [2.75, 3.05) is 0 Å². The Hall–Kier alpha value is -2.95. The molecule has 2 aromatic rings. The number of carbonyl (C=O) groups excluding carboxylic acids is 1. The number of ether oxygens (including phenoxy) is 1. The molecule has 1 aliphatic rings. The minimum atomic E-state index is -0.503.